The summed E-state index contributed by atoms with van der Waals surface area (Å²) in [6.45, 7) is 0. The van der Waals surface area contributed by atoms with Gasteiger partial charge in [-0.05, 0) is 28.3 Å². The maximum atomic E-state index is 16.0. The largest absolute Gasteiger partial charge is 0.205 e. The first kappa shape index (κ1) is 17.9. The number of rotatable bonds is 2. The molecular formula is C27H15FN2. The minimum absolute atomic E-state index is 0.116. The van der Waals surface area contributed by atoms with Crippen molar-refractivity contribution in [3.05, 3.63) is 130 Å². The Labute approximate surface area is 174 Å². The molecule has 0 bridgehead atoms. The van der Waals surface area contributed by atoms with Gasteiger partial charge in [-0.3, -0.25) is 0 Å². The molecule has 3 heteroatoms. The molecule has 0 aliphatic heterocycles. The highest BCUT2D eigenvalue weighted by Gasteiger charge is 2.49. The van der Waals surface area contributed by atoms with Gasteiger partial charge < -0.3 is 0 Å². The first-order valence-corrected chi connectivity index (χ1v) is 9.61. The van der Waals surface area contributed by atoms with Gasteiger partial charge in [-0.1, -0.05) is 84.9 Å². The van der Waals surface area contributed by atoms with Gasteiger partial charge in [0.05, 0.1) is 22.6 Å². The zero-order valence-corrected chi connectivity index (χ0v) is 15.9. The summed E-state index contributed by atoms with van der Waals surface area (Å²) in [4.78, 5) is 0. The Morgan fingerprint density at radius 1 is 0.667 bits per heavy atom. The smallest absolute Gasteiger partial charge is 0.146 e. The average molecular weight is 386 g/mol. The van der Waals surface area contributed by atoms with Crippen LogP contribution < -0.4 is 0 Å². The van der Waals surface area contributed by atoms with Gasteiger partial charge in [0.25, 0.3) is 0 Å². The maximum Gasteiger partial charge on any atom is 0.146 e. The zero-order valence-electron chi connectivity index (χ0n) is 15.9. The van der Waals surface area contributed by atoms with Crippen LogP contribution in [0.5, 0.6) is 0 Å². The normalized spacial score (nSPS) is 13.0. The molecule has 0 spiro atoms. The molecule has 0 radical (unpaired) electrons. The quantitative estimate of drug-likeness (QED) is 0.377. The molecule has 0 N–H and O–H groups in total. The molecule has 0 aromatic heterocycles. The zero-order chi connectivity index (χ0) is 20.7. The van der Waals surface area contributed by atoms with Crippen LogP contribution in [0.3, 0.4) is 0 Å². The van der Waals surface area contributed by atoms with Crippen molar-refractivity contribution >= 4 is 0 Å². The van der Waals surface area contributed by atoms with Gasteiger partial charge >= 0.3 is 0 Å². The van der Waals surface area contributed by atoms with Crippen LogP contribution in [-0.2, 0) is 5.41 Å². The van der Waals surface area contributed by atoms with Crippen LogP contribution in [0.4, 0.5) is 4.39 Å². The Kier molecular flexibility index (Phi) is 3.98. The lowest BCUT2D eigenvalue weighted by molar-refractivity contribution is 0.584. The standard InChI is InChI=1S/C27H15FN2/c28-26-19(17-30)15-18(16-29)24-22-13-7-8-14-23(22)27(25(24)26,20-9-3-1-4-10-20)21-11-5-2-6-12-21/h1-15H. The summed E-state index contributed by atoms with van der Waals surface area (Å²) >= 11 is 0. The Balaban J connectivity index is 2.08. The molecule has 4 aromatic rings. The molecule has 1 aliphatic carbocycles. The lowest BCUT2D eigenvalue weighted by atomic mass is 9.67. The van der Waals surface area contributed by atoms with Crippen molar-refractivity contribution in [3.8, 4) is 23.3 Å². The predicted molar refractivity (Wildman–Crippen MR) is 113 cm³/mol. The molecule has 2 nitrogen and oxygen atoms in total. The summed E-state index contributed by atoms with van der Waals surface area (Å²) in [6.07, 6.45) is 0. The molecule has 5 rings (SSSR count). The summed E-state index contributed by atoms with van der Waals surface area (Å²) < 4.78 is 16.0. The van der Waals surface area contributed by atoms with Gasteiger partial charge in [-0.15, -0.1) is 0 Å². The van der Waals surface area contributed by atoms with Crippen molar-refractivity contribution < 1.29 is 4.39 Å². The van der Waals surface area contributed by atoms with Crippen LogP contribution >= 0.6 is 0 Å². The van der Waals surface area contributed by atoms with E-state index in [2.05, 4.69) is 6.07 Å². The van der Waals surface area contributed by atoms with Crippen molar-refractivity contribution in [2.75, 3.05) is 0 Å². The predicted octanol–water partition coefficient (Wildman–Crippen LogP) is 5.93. The van der Waals surface area contributed by atoms with Crippen LogP contribution in [0, 0.1) is 28.5 Å². The fraction of sp³-hybridized carbons (Fsp3) is 0.0370. The lowest BCUT2D eigenvalue weighted by Gasteiger charge is -2.34. The van der Waals surface area contributed by atoms with Crippen LogP contribution in [-0.4, -0.2) is 0 Å². The van der Waals surface area contributed by atoms with E-state index in [1.165, 1.54) is 6.07 Å². The fourth-order valence-electron chi connectivity index (χ4n) is 4.77. The van der Waals surface area contributed by atoms with Gasteiger partial charge in [-0.25, -0.2) is 4.39 Å². The van der Waals surface area contributed by atoms with E-state index in [0.717, 1.165) is 22.3 Å². The highest BCUT2D eigenvalue weighted by Crippen LogP contribution is 2.57. The Morgan fingerprint density at radius 3 is 1.77 bits per heavy atom. The van der Waals surface area contributed by atoms with Gasteiger partial charge in [-0.2, -0.15) is 10.5 Å². The van der Waals surface area contributed by atoms with Crippen molar-refractivity contribution in [2.45, 2.75) is 5.41 Å². The molecular weight excluding hydrogens is 371 g/mol. The molecule has 0 amide bonds. The van der Waals surface area contributed by atoms with Crippen LogP contribution in [0.2, 0.25) is 0 Å². The topological polar surface area (TPSA) is 47.6 Å². The summed E-state index contributed by atoms with van der Waals surface area (Å²) in [6, 6.07) is 32.7. The third-order valence-electron chi connectivity index (χ3n) is 5.89. The number of hydrogen-bond donors (Lipinski definition) is 0. The van der Waals surface area contributed by atoms with Gasteiger partial charge in [0.15, 0.2) is 0 Å². The van der Waals surface area contributed by atoms with E-state index in [1.807, 2.05) is 91.0 Å². The van der Waals surface area contributed by atoms with E-state index < -0.39 is 11.2 Å². The van der Waals surface area contributed by atoms with Crippen LogP contribution in [0.1, 0.15) is 33.4 Å². The summed E-state index contributed by atoms with van der Waals surface area (Å²) in [5, 5.41) is 19.5. The first-order valence-electron chi connectivity index (χ1n) is 9.61. The van der Waals surface area contributed by atoms with Crippen molar-refractivity contribution in [3.63, 3.8) is 0 Å². The molecule has 0 atom stereocenters. The van der Waals surface area contributed by atoms with E-state index in [1.54, 1.807) is 0 Å². The Bertz CT molecular complexity index is 1320. The summed E-state index contributed by atoms with van der Waals surface area (Å²) in [5.74, 6) is -0.574. The Hall–Kier alpha value is -4.21. The second kappa shape index (κ2) is 6.69. The van der Waals surface area contributed by atoms with E-state index in [0.29, 0.717) is 16.7 Å². The second-order valence-corrected chi connectivity index (χ2v) is 7.29. The minimum Gasteiger partial charge on any atom is -0.205 e. The van der Waals surface area contributed by atoms with Crippen molar-refractivity contribution in [1.82, 2.24) is 0 Å². The molecule has 0 fully saturated rings. The third-order valence-corrected chi connectivity index (χ3v) is 5.89. The van der Waals surface area contributed by atoms with Crippen LogP contribution in [0.25, 0.3) is 11.1 Å². The fourth-order valence-corrected chi connectivity index (χ4v) is 4.77. The molecule has 140 valence electrons. The van der Waals surface area contributed by atoms with Crippen molar-refractivity contribution in [1.29, 1.82) is 10.5 Å². The first-order chi connectivity index (χ1) is 14.7. The summed E-state index contributed by atoms with van der Waals surface area (Å²) in [7, 11) is 0. The van der Waals surface area contributed by atoms with Crippen molar-refractivity contribution in [2.24, 2.45) is 0 Å². The number of nitrogens with zero attached hydrogens (tertiary/aromatic N) is 2. The molecule has 0 unspecified atom stereocenters. The molecule has 0 saturated heterocycles. The van der Waals surface area contributed by atoms with E-state index in [9.17, 15) is 10.5 Å². The van der Waals surface area contributed by atoms with E-state index in [-0.39, 0.29) is 5.56 Å². The average Bonchev–Trinajstić information content (AvgIpc) is 3.13. The highest BCUT2D eigenvalue weighted by molar-refractivity contribution is 5.90. The molecule has 0 heterocycles. The number of hydrogen-bond acceptors (Lipinski definition) is 2. The monoisotopic (exact) mass is 386 g/mol. The molecule has 4 aromatic carbocycles. The SMILES string of the molecule is N#Cc1cc(C#N)c2c(c1F)C(c1ccccc1)(c1ccccc1)c1ccccc1-2. The minimum atomic E-state index is -0.961. The molecule has 0 saturated carbocycles. The Morgan fingerprint density at radius 2 is 1.20 bits per heavy atom. The summed E-state index contributed by atoms with van der Waals surface area (Å²) in [5.41, 5.74) is 3.67. The van der Waals surface area contributed by atoms with Gasteiger partial charge in [0.2, 0.25) is 0 Å². The number of halogens is 1. The van der Waals surface area contributed by atoms with E-state index >= 15 is 4.39 Å². The molecule has 30 heavy (non-hydrogen) atoms. The lowest BCUT2D eigenvalue weighted by Crippen LogP contribution is -2.30. The van der Waals surface area contributed by atoms with E-state index in [4.69, 9.17) is 0 Å². The second-order valence-electron chi connectivity index (χ2n) is 7.29. The number of nitriles is 2. The van der Waals surface area contributed by atoms with Crippen LogP contribution in [0.15, 0.2) is 91.0 Å². The van der Waals surface area contributed by atoms with Gasteiger partial charge in [0.1, 0.15) is 11.9 Å². The number of benzene rings is 4. The third kappa shape index (κ3) is 2.21. The highest BCUT2D eigenvalue weighted by atomic mass is 19.1. The maximum absolute atomic E-state index is 16.0. The number of fused-ring (bicyclic) bond motifs is 3. The molecule has 1 aliphatic rings. The van der Waals surface area contributed by atoms with Gasteiger partial charge in [0, 0.05) is 11.1 Å².